The Hall–Kier alpha value is -0.680. The van der Waals surface area contributed by atoms with Crippen LogP contribution in [0.3, 0.4) is 0 Å². The molecule has 0 saturated heterocycles. The molecule has 7 heteroatoms. The quantitative estimate of drug-likeness (QED) is 0.418. The maximum atomic E-state index is 5.35. The summed E-state index contributed by atoms with van der Waals surface area (Å²) in [5.74, 6) is 0.217. The molecular weight excluding hydrogens is 189 g/mol. The third kappa shape index (κ3) is 5.75. The molecule has 0 radical (unpaired) electrons. The van der Waals surface area contributed by atoms with Crippen molar-refractivity contribution in [2.75, 3.05) is 14.1 Å². The van der Waals surface area contributed by atoms with Gasteiger partial charge >= 0.3 is 0 Å². The molecule has 0 bridgehead atoms. The second-order valence-electron chi connectivity index (χ2n) is 1.81. The van der Waals surface area contributed by atoms with Gasteiger partial charge in [0.15, 0.2) is 5.96 Å². The standard InChI is InChI=1S/C4H10ClN5.ClH/c1-10(2)4(7)8-3(6)9-5;/h1-2H3,(H4,6,7,8,9);1H. The molecule has 11 heavy (non-hydrogen) atoms. The maximum absolute atomic E-state index is 5.35. The lowest BCUT2D eigenvalue weighted by Gasteiger charge is -2.08. The maximum Gasteiger partial charge on any atom is 0.235 e. The molecule has 0 aliphatic carbocycles. The molecule has 0 unspecified atom stereocenters. The smallest absolute Gasteiger partial charge is 0.235 e. The molecule has 0 amide bonds. The summed E-state index contributed by atoms with van der Waals surface area (Å²) in [4.78, 5) is 5.20. The van der Waals surface area contributed by atoms with E-state index in [-0.39, 0.29) is 24.3 Å². The van der Waals surface area contributed by atoms with Gasteiger partial charge in [-0.05, 0) is 0 Å². The predicted molar refractivity (Wildman–Crippen MR) is 50.0 cm³/mol. The van der Waals surface area contributed by atoms with E-state index in [2.05, 4.69) is 9.50 Å². The number of hydrogen-bond acceptors (Lipinski definition) is 1. The SMILES string of the molecule is CN(C)/C(N)=N\C(N)=N/Cl.Cl. The highest BCUT2D eigenvalue weighted by Gasteiger charge is 1.93. The van der Waals surface area contributed by atoms with Gasteiger partial charge in [-0.2, -0.15) is 4.99 Å². The van der Waals surface area contributed by atoms with Gasteiger partial charge in [0, 0.05) is 25.9 Å². The summed E-state index contributed by atoms with van der Waals surface area (Å²) in [5, 5.41) is 0. The molecule has 66 valence electrons. The Morgan fingerprint density at radius 3 is 2.09 bits per heavy atom. The van der Waals surface area contributed by atoms with Crippen LogP contribution in [0.2, 0.25) is 0 Å². The van der Waals surface area contributed by atoms with Crippen molar-refractivity contribution in [3.63, 3.8) is 0 Å². The number of hydrogen-bond donors (Lipinski definition) is 2. The van der Waals surface area contributed by atoms with Crippen molar-refractivity contribution in [2.45, 2.75) is 0 Å². The van der Waals surface area contributed by atoms with Gasteiger partial charge in [0.2, 0.25) is 5.96 Å². The summed E-state index contributed by atoms with van der Waals surface area (Å²) < 4.78 is 3.08. The molecule has 0 atom stereocenters. The minimum Gasteiger partial charge on any atom is -0.369 e. The van der Waals surface area contributed by atoms with Crippen molar-refractivity contribution in [1.29, 1.82) is 0 Å². The number of rotatable bonds is 0. The largest absolute Gasteiger partial charge is 0.369 e. The summed E-state index contributed by atoms with van der Waals surface area (Å²) in [5.41, 5.74) is 10.5. The van der Waals surface area contributed by atoms with Crippen LogP contribution in [0.5, 0.6) is 0 Å². The predicted octanol–water partition coefficient (Wildman–Crippen LogP) is -0.247. The molecule has 5 nitrogen and oxygen atoms in total. The van der Waals surface area contributed by atoms with Crippen LogP contribution >= 0.6 is 24.2 Å². The second-order valence-corrected chi connectivity index (χ2v) is 1.98. The highest BCUT2D eigenvalue weighted by molar-refractivity contribution is 6.20. The highest BCUT2D eigenvalue weighted by Crippen LogP contribution is 1.80. The Bertz CT molecular complexity index is 164. The molecule has 0 saturated carbocycles. The highest BCUT2D eigenvalue weighted by atomic mass is 35.5. The Morgan fingerprint density at radius 2 is 1.82 bits per heavy atom. The first-order valence-electron chi connectivity index (χ1n) is 2.54. The van der Waals surface area contributed by atoms with Crippen molar-refractivity contribution in [1.82, 2.24) is 4.90 Å². The first-order chi connectivity index (χ1) is 4.57. The van der Waals surface area contributed by atoms with Crippen LogP contribution < -0.4 is 11.5 Å². The van der Waals surface area contributed by atoms with E-state index in [9.17, 15) is 0 Å². The van der Waals surface area contributed by atoms with E-state index >= 15 is 0 Å². The number of aliphatic imine (C=N–C) groups is 1. The number of nitrogens with zero attached hydrogens (tertiary/aromatic N) is 3. The lowest BCUT2D eigenvalue weighted by molar-refractivity contribution is 0.615. The molecule has 0 aromatic heterocycles. The molecule has 0 spiro atoms. The Balaban J connectivity index is 0. The summed E-state index contributed by atoms with van der Waals surface area (Å²) in [6.45, 7) is 0. The fourth-order valence-electron chi connectivity index (χ4n) is 0.236. The zero-order chi connectivity index (χ0) is 8.15. The monoisotopic (exact) mass is 199 g/mol. The minimum atomic E-state index is -0.0483. The second kappa shape index (κ2) is 6.06. The molecule has 0 heterocycles. The van der Waals surface area contributed by atoms with Crippen molar-refractivity contribution >= 4 is 36.1 Å². The van der Waals surface area contributed by atoms with E-state index in [1.807, 2.05) is 0 Å². The summed E-state index contributed by atoms with van der Waals surface area (Å²) in [6, 6.07) is 0. The van der Waals surface area contributed by atoms with Crippen LogP contribution in [0, 0.1) is 0 Å². The summed E-state index contributed by atoms with van der Waals surface area (Å²) in [6.07, 6.45) is 0. The Morgan fingerprint density at radius 1 is 1.36 bits per heavy atom. The molecule has 0 fully saturated rings. The third-order valence-electron chi connectivity index (χ3n) is 0.774. The van der Waals surface area contributed by atoms with Crippen LogP contribution in [0.15, 0.2) is 9.50 Å². The average molecular weight is 200 g/mol. The van der Waals surface area contributed by atoms with Crippen molar-refractivity contribution in [3.8, 4) is 0 Å². The van der Waals surface area contributed by atoms with E-state index in [1.165, 1.54) is 0 Å². The van der Waals surface area contributed by atoms with E-state index in [4.69, 9.17) is 23.2 Å². The molecule has 0 aliphatic heterocycles. The van der Waals surface area contributed by atoms with Gasteiger partial charge < -0.3 is 16.4 Å². The fraction of sp³-hybridized carbons (Fsp3) is 0.500. The van der Waals surface area contributed by atoms with Crippen LogP contribution in [-0.4, -0.2) is 30.9 Å². The van der Waals surface area contributed by atoms with Gasteiger partial charge in [0.1, 0.15) is 0 Å². The van der Waals surface area contributed by atoms with Crippen molar-refractivity contribution in [3.05, 3.63) is 0 Å². The zero-order valence-corrected chi connectivity index (χ0v) is 7.85. The van der Waals surface area contributed by atoms with Gasteiger partial charge in [-0.3, -0.25) is 0 Å². The van der Waals surface area contributed by atoms with Gasteiger partial charge in [-0.25, -0.2) is 0 Å². The average Bonchev–Trinajstić information content (AvgIpc) is 1.87. The zero-order valence-electron chi connectivity index (χ0n) is 6.28. The van der Waals surface area contributed by atoms with E-state index in [0.717, 1.165) is 0 Å². The lowest BCUT2D eigenvalue weighted by Crippen LogP contribution is -2.32. The molecule has 0 aromatic carbocycles. The molecule has 0 aromatic rings. The molecule has 0 rings (SSSR count). The van der Waals surface area contributed by atoms with Gasteiger partial charge in [-0.15, -0.1) is 16.9 Å². The van der Waals surface area contributed by atoms with E-state index < -0.39 is 0 Å². The normalized spacial score (nSPS) is 12.3. The first-order valence-corrected chi connectivity index (χ1v) is 2.87. The van der Waals surface area contributed by atoms with E-state index in [1.54, 1.807) is 19.0 Å². The van der Waals surface area contributed by atoms with Gasteiger partial charge in [0.25, 0.3) is 0 Å². The number of halogens is 2. The first kappa shape index (κ1) is 12.9. The minimum absolute atomic E-state index is 0. The molecular formula is C4H11Cl2N5. The summed E-state index contributed by atoms with van der Waals surface area (Å²) >= 11 is 4.98. The topological polar surface area (TPSA) is 80.0 Å². The third-order valence-corrected chi connectivity index (χ3v) is 0.947. The van der Waals surface area contributed by atoms with Gasteiger partial charge in [0.05, 0.1) is 0 Å². The Kier molecular flexibility index (Phi) is 7.13. The van der Waals surface area contributed by atoms with Gasteiger partial charge in [-0.1, -0.05) is 0 Å². The van der Waals surface area contributed by atoms with Crippen molar-refractivity contribution in [2.24, 2.45) is 21.0 Å². The molecule has 4 N–H and O–H groups in total. The summed E-state index contributed by atoms with van der Waals surface area (Å²) in [7, 11) is 3.47. The van der Waals surface area contributed by atoms with E-state index in [0.29, 0.717) is 0 Å². The Labute approximate surface area is 76.6 Å². The van der Waals surface area contributed by atoms with Crippen molar-refractivity contribution < 1.29 is 0 Å². The van der Waals surface area contributed by atoms with Crippen LogP contribution in [0.25, 0.3) is 0 Å². The number of guanidine groups is 2. The van der Waals surface area contributed by atoms with Crippen LogP contribution in [-0.2, 0) is 0 Å². The lowest BCUT2D eigenvalue weighted by atomic mass is 10.8. The van der Waals surface area contributed by atoms with Crippen LogP contribution in [0.4, 0.5) is 0 Å². The number of nitrogens with two attached hydrogens (primary N) is 2. The van der Waals surface area contributed by atoms with Crippen LogP contribution in [0.1, 0.15) is 0 Å². The fourth-order valence-corrected chi connectivity index (χ4v) is 0.274. The molecule has 0 aliphatic rings.